The summed E-state index contributed by atoms with van der Waals surface area (Å²) in [5.41, 5.74) is 1.89. The van der Waals surface area contributed by atoms with Crippen molar-refractivity contribution in [2.24, 2.45) is 0 Å². The molecule has 0 aliphatic carbocycles. The standard InChI is InChI=1S/C16H21N3O2S/c1-4-9-17-15(20)14-11(2)19-16(22-14)18-10-12-5-7-13(21-3)8-6-12/h5-8H,4,9-10H2,1-3H3,(H,17,20)(H,18,19). The highest BCUT2D eigenvalue weighted by Gasteiger charge is 2.14. The highest BCUT2D eigenvalue weighted by molar-refractivity contribution is 7.17. The molecule has 5 nitrogen and oxygen atoms in total. The molecule has 0 saturated heterocycles. The van der Waals surface area contributed by atoms with Gasteiger partial charge in [-0.1, -0.05) is 30.4 Å². The van der Waals surface area contributed by atoms with Crippen molar-refractivity contribution >= 4 is 22.4 Å². The molecule has 0 radical (unpaired) electrons. The Labute approximate surface area is 134 Å². The van der Waals surface area contributed by atoms with Crippen molar-refractivity contribution < 1.29 is 9.53 Å². The molecule has 0 fully saturated rings. The number of amides is 1. The molecular weight excluding hydrogens is 298 g/mol. The fourth-order valence-electron chi connectivity index (χ4n) is 1.92. The second kappa shape index (κ2) is 7.79. The Hall–Kier alpha value is -2.08. The SMILES string of the molecule is CCCNC(=O)c1sc(NCc2ccc(OC)cc2)nc1C. The number of methoxy groups -OCH3 is 1. The molecule has 6 heteroatoms. The van der Waals surface area contributed by atoms with Gasteiger partial charge in [-0.2, -0.15) is 0 Å². The number of anilines is 1. The molecule has 0 aliphatic heterocycles. The second-order valence-electron chi connectivity index (χ2n) is 4.89. The lowest BCUT2D eigenvalue weighted by Crippen LogP contribution is -2.23. The lowest BCUT2D eigenvalue weighted by atomic mass is 10.2. The van der Waals surface area contributed by atoms with Crippen LogP contribution in [0.5, 0.6) is 5.75 Å². The quantitative estimate of drug-likeness (QED) is 0.822. The number of thiazole rings is 1. The summed E-state index contributed by atoms with van der Waals surface area (Å²) in [6.07, 6.45) is 0.923. The number of nitrogens with one attached hydrogen (secondary N) is 2. The zero-order valence-corrected chi connectivity index (χ0v) is 13.9. The van der Waals surface area contributed by atoms with E-state index in [-0.39, 0.29) is 5.91 Å². The number of rotatable bonds is 7. The van der Waals surface area contributed by atoms with Gasteiger partial charge in [0.1, 0.15) is 10.6 Å². The average molecular weight is 319 g/mol. The molecule has 1 aromatic heterocycles. The van der Waals surface area contributed by atoms with Crippen LogP contribution in [-0.2, 0) is 6.54 Å². The van der Waals surface area contributed by atoms with Gasteiger partial charge >= 0.3 is 0 Å². The van der Waals surface area contributed by atoms with Gasteiger partial charge in [0.25, 0.3) is 5.91 Å². The predicted molar refractivity (Wildman–Crippen MR) is 89.8 cm³/mol. The van der Waals surface area contributed by atoms with Crippen molar-refractivity contribution in [2.45, 2.75) is 26.8 Å². The molecule has 1 amide bonds. The van der Waals surface area contributed by atoms with Gasteiger partial charge in [0.2, 0.25) is 0 Å². The smallest absolute Gasteiger partial charge is 0.263 e. The van der Waals surface area contributed by atoms with Gasteiger partial charge in [-0.05, 0) is 31.0 Å². The molecule has 2 aromatic rings. The van der Waals surface area contributed by atoms with E-state index >= 15 is 0 Å². The van der Waals surface area contributed by atoms with Crippen molar-refractivity contribution in [3.8, 4) is 5.75 Å². The summed E-state index contributed by atoms with van der Waals surface area (Å²) in [5.74, 6) is 0.790. The van der Waals surface area contributed by atoms with E-state index in [2.05, 4.69) is 15.6 Å². The Morgan fingerprint density at radius 3 is 2.68 bits per heavy atom. The van der Waals surface area contributed by atoms with E-state index in [1.807, 2.05) is 38.1 Å². The second-order valence-corrected chi connectivity index (χ2v) is 5.89. The first-order valence-electron chi connectivity index (χ1n) is 7.26. The van der Waals surface area contributed by atoms with E-state index in [1.54, 1.807) is 7.11 Å². The summed E-state index contributed by atoms with van der Waals surface area (Å²) in [4.78, 5) is 17.1. The van der Waals surface area contributed by atoms with Crippen LogP contribution in [0.15, 0.2) is 24.3 Å². The largest absolute Gasteiger partial charge is 0.497 e. The van der Waals surface area contributed by atoms with Crippen molar-refractivity contribution in [3.05, 3.63) is 40.4 Å². The molecular formula is C16H21N3O2S. The van der Waals surface area contributed by atoms with Gasteiger partial charge in [-0.3, -0.25) is 4.79 Å². The highest BCUT2D eigenvalue weighted by Crippen LogP contribution is 2.23. The number of ether oxygens (including phenoxy) is 1. The van der Waals surface area contributed by atoms with Crippen LogP contribution in [0.4, 0.5) is 5.13 Å². The van der Waals surface area contributed by atoms with E-state index in [4.69, 9.17) is 4.74 Å². The third-order valence-corrected chi connectivity index (χ3v) is 4.26. The van der Waals surface area contributed by atoms with Gasteiger partial charge in [0, 0.05) is 13.1 Å². The lowest BCUT2D eigenvalue weighted by Gasteiger charge is -2.04. The number of carbonyl (C=O) groups excluding carboxylic acids is 1. The van der Waals surface area contributed by atoms with Crippen molar-refractivity contribution in [3.63, 3.8) is 0 Å². The normalized spacial score (nSPS) is 10.3. The van der Waals surface area contributed by atoms with Crippen LogP contribution in [0.1, 0.15) is 34.3 Å². The molecule has 2 N–H and O–H groups in total. The van der Waals surface area contributed by atoms with Crippen LogP contribution >= 0.6 is 11.3 Å². The fraction of sp³-hybridized carbons (Fsp3) is 0.375. The monoisotopic (exact) mass is 319 g/mol. The first kappa shape index (κ1) is 16.3. The van der Waals surface area contributed by atoms with E-state index in [0.29, 0.717) is 18.0 Å². The summed E-state index contributed by atoms with van der Waals surface area (Å²) in [6.45, 7) is 5.23. The number of aryl methyl sites for hydroxylation is 1. The van der Waals surface area contributed by atoms with Crippen molar-refractivity contribution in [1.82, 2.24) is 10.3 Å². The molecule has 1 heterocycles. The van der Waals surface area contributed by atoms with E-state index in [0.717, 1.165) is 28.6 Å². The zero-order chi connectivity index (χ0) is 15.9. The summed E-state index contributed by atoms with van der Waals surface area (Å²) in [6, 6.07) is 7.85. The summed E-state index contributed by atoms with van der Waals surface area (Å²) in [7, 11) is 1.65. The van der Waals surface area contributed by atoms with Crippen molar-refractivity contribution in [1.29, 1.82) is 0 Å². The minimum Gasteiger partial charge on any atom is -0.497 e. The first-order valence-corrected chi connectivity index (χ1v) is 8.08. The van der Waals surface area contributed by atoms with Crippen LogP contribution in [-0.4, -0.2) is 24.5 Å². The molecule has 0 unspecified atom stereocenters. The Kier molecular flexibility index (Phi) is 5.77. The topological polar surface area (TPSA) is 63.2 Å². The van der Waals surface area contributed by atoms with Crippen LogP contribution in [0.2, 0.25) is 0 Å². The Morgan fingerprint density at radius 1 is 1.32 bits per heavy atom. The maximum absolute atomic E-state index is 12.0. The maximum atomic E-state index is 12.0. The van der Waals surface area contributed by atoms with Crippen LogP contribution in [0.25, 0.3) is 0 Å². The Morgan fingerprint density at radius 2 is 2.05 bits per heavy atom. The molecule has 0 aliphatic rings. The molecule has 2 rings (SSSR count). The summed E-state index contributed by atoms with van der Waals surface area (Å²) >= 11 is 1.39. The molecule has 0 bridgehead atoms. The zero-order valence-electron chi connectivity index (χ0n) is 13.1. The van der Waals surface area contributed by atoms with Crippen LogP contribution in [0, 0.1) is 6.92 Å². The molecule has 0 spiro atoms. The number of aromatic nitrogens is 1. The molecule has 0 atom stereocenters. The number of benzene rings is 1. The maximum Gasteiger partial charge on any atom is 0.263 e. The van der Waals surface area contributed by atoms with Crippen LogP contribution in [0.3, 0.4) is 0 Å². The predicted octanol–water partition coefficient (Wildman–Crippen LogP) is 3.21. The number of hydrogen-bond donors (Lipinski definition) is 2. The number of carbonyl (C=O) groups is 1. The van der Waals surface area contributed by atoms with Gasteiger partial charge in [-0.25, -0.2) is 4.98 Å². The van der Waals surface area contributed by atoms with Gasteiger partial charge in [0.15, 0.2) is 5.13 Å². The average Bonchev–Trinajstić information content (AvgIpc) is 2.92. The van der Waals surface area contributed by atoms with Gasteiger partial charge in [-0.15, -0.1) is 0 Å². The van der Waals surface area contributed by atoms with Crippen LogP contribution < -0.4 is 15.4 Å². The van der Waals surface area contributed by atoms with E-state index in [9.17, 15) is 4.79 Å². The number of hydrogen-bond acceptors (Lipinski definition) is 5. The van der Waals surface area contributed by atoms with Gasteiger partial charge in [0.05, 0.1) is 12.8 Å². The third-order valence-electron chi connectivity index (χ3n) is 3.14. The molecule has 1 aromatic carbocycles. The molecule has 118 valence electrons. The third kappa shape index (κ3) is 4.21. The van der Waals surface area contributed by atoms with Gasteiger partial charge < -0.3 is 15.4 Å². The minimum atomic E-state index is -0.0469. The number of nitrogens with zero attached hydrogens (tertiary/aromatic N) is 1. The minimum absolute atomic E-state index is 0.0469. The molecule has 22 heavy (non-hydrogen) atoms. The van der Waals surface area contributed by atoms with Crippen molar-refractivity contribution in [2.75, 3.05) is 19.0 Å². The van der Waals surface area contributed by atoms with E-state index < -0.39 is 0 Å². The fourth-order valence-corrected chi connectivity index (χ4v) is 2.80. The summed E-state index contributed by atoms with van der Waals surface area (Å²) < 4.78 is 5.13. The summed E-state index contributed by atoms with van der Waals surface area (Å²) in [5, 5.41) is 6.90. The van der Waals surface area contributed by atoms with E-state index in [1.165, 1.54) is 11.3 Å². The highest BCUT2D eigenvalue weighted by atomic mass is 32.1. The Balaban J connectivity index is 1.96. The molecule has 0 saturated carbocycles. The Bertz CT molecular complexity index is 623. The lowest BCUT2D eigenvalue weighted by molar-refractivity contribution is 0.0957. The first-order chi connectivity index (χ1) is 10.6.